The maximum atomic E-state index is 11.9. The summed E-state index contributed by atoms with van der Waals surface area (Å²) in [6.07, 6.45) is 7.60. The predicted octanol–water partition coefficient (Wildman–Crippen LogP) is 3.99. The van der Waals surface area contributed by atoms with Crippen LogP contribution in [0.15, 0.2) is 47.7 Å². The van der Waals surface area contributed by atoms with E-state index in [1.807, 2.05) is 44.6 Å². The van der Waals surface area contributed by atoms with Crippen LogP contribution in [0.1, 0.15) is 39.3 Å². The van der Waals surface area contributed by atoms with E-state index in [4.69, 9.17) is 4.74 Å². The van der Waals surface area contributed by atoms with Crippen molar-refractivity contribution in [2.24, 2.45) is 0 Å². The van der Waals surface area contributed by atoms with Crippen LogP contribution in [0.25, 0.3) is 16.8 Å². The van der Waals surface area contributed by atoms with Gasteiger partial charge in [0.2, 0.25) is 5.88 Å². The van der Waals surface area contributed by atoms with E-state index in [1.54, 1.807) is 21.4 Å². The maximum Gasteiger partial charge on any atom is 0.250 e. The van der Waals surface area contributed by atoms with E-state index in [2.05, 4.69) is 23.9 Å². The molecule has 0 saturated heterocycles. The molecule has 0 aromatic carbocycles. The lowest BCUT2D eigenvalue weighted by molar-refractivity contribution is 0.208. The summed E-state index contributed by atoms with van der Waals surface area (Å²) in [5.41, 5.74) is 3.75. The van der Waals surface area contributed by atoms with Gasteiger partial charge in [-0.15, -0.1) is 0 Å². The van der Waals surface area contributed by atoms with Gasteiger partial charge in [0.15, 0.2) is 0 Å². The number of aryl methyl sites for hydroxylation is 2. The van der Waals surface area contributed by atoms with Crippen molar-refractivity contribution in [2.45, 2.75) is 53.2 Å². The number of aromatic nitrogens is 4. The average Bonchev–Trinajstić information content (AvgIpc) is 3.13. The highest BCUT2D eigenvalue weighted by molar-refractivity contribution is 5.65. The number of hydrogen-bond donors (Lipinski definition) is 0. The summed E-state index contributed by atoms with van der Waals surface area (Å²) >= 11 is 0. The molecule has 1 unspecified atom stereocenters. The summed E-state index contributed by atoms with van der Waals surface area (Å²) in [5.74, 6) is 0.643. The molecule has 3 aromatic heterocycles. The SMILES string of the molecule is CCCn1cc(-n2cc(-c3ccc(OC(C)CC)nc3C)cn2)ccc1=O. The second-order valence-corrected chi connectivity index (χ2v) is 6.71. The van der Waals surface area contributed by atoms with E-state index in [9.17, 15) is 4.79 Å². The molecule has 6 nitrogen and oxygen atoms in total. The lowest BCUT2D eigenvalue weighted by Crippen LogP contribution is -2.19. The fraction of sp³-hybridized carbons (Fsp3) is 0.381. The van der Waals surface area contributed by atoms with Gasteiger partial charge in [0.25, 0.3) is 5.56 Å². The van der Waals surface area contributed by atoms with Crippen LogP contribution in [-0.2, 0) is 6.54 Å². The first kappa shape index (κ1) is 18.9. The first-order valence-electron chi connectivity index (χ1n) is 9.42. The Morgan fingerprint density at radius 1 is 1.15 bits per heavy atom. The Morgan fingerprint density at radius 3 is 2.67 bits per heavy atom. The molecule has 0 saturated carbocycles. The number of ether oxygens (including phenoxy) is 1. The molecular weight excluding hydrogens is 340 g/mol. The lowest BCUT2D eigenvalue weighted by Gasteiger charge is -2.13. The van der Waals surface area contributed by atoms with Crippen LogP contribution in [0.2, 0.25) is 0 Å². The molecule has 3 rings (SSSR count). The van der Waals surface area contributed by atoms with E-state index >= 15 is 0 Å². The second-order valence-electron chi connectivity index (χ2n) is 6.71. The standard InChI is InChI=1S/C21H26N4O2/c1-5-11-24-14-18(7-10-21(24)26)25-13-17(12-22-25)19-8-9-20(23-16(19)4)27-15(3)6-2/h7-10,12-15H,5-6,11H2,1-4H3. The first-order valence-corrected chi connectivity index (χ1v) is 9.42. The van der Waals surface area contributed by atoms with Crippen LogP contribution in [0.3, 0.4) is 0 Å². The van der Waals surface area contributed by atoms with E-state index < -0.39 is 0 Å². The molecule has 0 radical (unpaired) electrons. The topological polar surface area (TPSA) is 61.9 Å². The van der Waals surface area contributed by atoms with Crippen molar-refractivity contribution in [3.05, 3.63) is 58.9 Å². The molecule has 27 heavy (non-hydrogen) atoms. The molecule has 0 amide bonds. The van der Waals surface area contributed by atoms with Crippen molar-refractivity contribution in [3.63, 3.8) is 0 Å². The normalized spacial score (nSPS) is 12.1. The third kappa shape index (κ3) is 4.27. The molecular formula is C21H26N4O2. The minimum atomic E-state index is 0.00456. The summed E-state index contributed by atoms with van der Waals surface area (Å²) in [6, 6.07) is 7.28. The molecule has 3 heterocycles. The minimum Gasteiger partial charge on any atom is -0.475 e. The van der Waals surface area contributed by atoms with Gasteiger partial charge in [-0.25, -0.2) is 9.67 Å². The van der Waals surface area contributed by atoms with Gasteiger partial charge in [-0.05, 0) is 38.8 Å². The van der Waals surface area contributed by atoms with Crippen LogP contribution in [-0.4, -0.2) is 25.4 Å². The summed E-state index contributed by atoms with van der Waals surface area (Å²) in [5, 5.41) is 4.46. The van der Waals surface area contributed by atoms with Crippen molar-refractivity contribution < 1.29 is 4.74 Å². The molecule has 0 bridgehead atoms. The van der Waals surface area contributed by atoms with Crippen LogP contribution in [0.4, 0.5) is 0 Å². The molecule has 1 atom stereocenters. The van der Waals surface area contributed by atoms with Gasteiger partial charge < -0.3 is 9.30 Å². The van der Waals surface area contributed by atoms with E-state index in [0.717, 1.165) is 35.3 Å². The van der Waals surface area contributed by atoms with Gasteiger partial charge in [-0.3, -0.25) is 4.79 Å². The molecule has 0 aliphatic carbocycles. The Balaban J connectivity index is 1.88. The summed E-state index contributed by atoms with van der Waals surface area (Å²) in [7, 11) is 0. The van der Waals surface area contributed by atoms with Gasteiger partial charge in [-0.2, -0.15) is 5.10 Å². The monoisotopic (exact) mass is 366 g/mol. The summed E-state index contributed by atoms with van der Waals surface area (Å²) < 4.78 is 9.29. The number of nitrogens with zero attached hydrogens (tertiary/aromatic N) is 4. The molecule has 0 aliphatic heterocycles. The number of rotatable bonds is 7. The molecule has 0 fully saturated rings. The van der Waals surface area contributed by atoms with Gasteiger partial charge in [-0.1, -0.05) is 13.8 Å². The van der Waals surface area contributed by atoms with Crippen molar-refractivity contribution in [1.29, 1.82) is 0 Å². The van der Waals surface area contributed by atoms with Crippen molar-refractivity contribution in [3.8, 4) is 22.7 Å². The first-order chi connectivity index (χ1) is 13.0. The fourth-order valence-electron chi connectivity index (χ4n) is 2.87. The second kappa shape index (κ2) is 8.20. The Kier molecular flexibility index (Phi) is 5.74. The van der Waals surface area contributed by atoms with Gasteiger partial charge in [0.1, 0.15) is 0 Å². The Bertz CT molecular complexity index is 974. The van der Waals surface area contributed by atoms with Crippen LogP contribution in [0, 0.1) is 6.92 Å². The van der Waals surface area contributed by atoms with Crippen molar-refractivity contribution in [2.75, 3.05) is 0 Å². The van der Waals surface area contributed by atoms with Crippen LogP contribution < -0.4 is 10.3 Å². The molecule has 6 heteroatoms. The number of hydrogen-bond acceptors (Lipinski definition) is 4. The summed E-state index contributed by atoms with van der Waals surface area (Å²) in [6.45, 7) is 8.84. The highest BCUT2D eigenvalue weighted by Crippen LogP contribution is 2.25. The lowest BCUT2D eigenvalue weighted by atomic mass is 10.1. The summed E-state index contributed by atoms with van der Waals surface area (Å²) in [4.78, 5) is 16.5. The maximum absolute atomic E-state index is 11.9. The van der Waals surface area contributed by atoms with Gasteiger partial charge in [0.05, 0.1) is 18.0 Å². The van der Waals surface area contributed by atoms with E-state index in [1.165, 1.54) is 0 Å². The molecule has 0 spiro atoms. The zero-order chi connectivity index (χ0) is 19.4. The number of pyridine rings is 2. The quantitative estimate of drug-likeness (QED) is 0.634. The van der Waals surface area contributed by atoms with Crippen LogP contribution in [0.5, 0.6) is 5.88 Å². The highest BCUT2D eigenvalue weighted by atomic mass is 16.5. The highest BCUT2D eigenvalue weighted by Gasteiger charge is 2.10. The zero-order valence-corrected chi connectivity index (χ0v) is 16.3. The zero-order valence-electron chi connectivity index (χ0n) is 16.3. The third-order valence-corrected chi connectivity index (χ3v) is 4.55. The Morgan fingerprint density at radius 2 is 1.96 bits per heavy atom. The van der Waals surface area contributed by atoms with E-state index in [0.29, 0.717) is 12.4 Å². The Labute approximate surface area is 159 Å². The van der Waals surface area contributed by atoms with E-state index in [-0.39, 0.29) is 11.7 Å². The smallest absolute Gasteiger partial charge is 0.250 e. The fourth-order valence-corrected chi connectivity index (χ4v) is 2.87. The predicted molar refractivity (Wildman–Crippen MR) is 106 cm³/mol. The van der Waals surface area contributed by atoms with Gasteiger partial charge >= 0.3 is 0 Å². The third-order valence-electron chi connectivity index (χ3n) is 4.55. The van der Waals surface area contributed by atoms with Crippen molar-refractivity contribution in [1.82, 2.24) is 19.3 Å². The molecule has 0 N–H and O–H groups in total. The van der Waals surface area contributed by atoms with Crippen molar-refractivity contribution >= 4 is 0 Å². The molecule has 3 aromatic rings. The van der Waals surface area contributed by atoms with Gasteiger partial charge in [0, 0.05) is 47.9 Å². The average molecular weight is 366 g/mol. The molecule has 142 valence electrons. The van der Waals surface area contributed by atoms with Crippen LogP contribution >= 0.6 is 0 Å². The minimum absolute atomic E-state index is 0.00456. The molecule has 0 aliphatic rings. The Hall–Kier alpha value is -2.89. The largest absolute Gasteiger partial charge is 0.475 e.